The van der Waals surface area contributed by atoms with E-state index in [1.165, 1.54) is 0 Å². The van der Waals surface area contributed by atoms with Gasteiger partial charge >= 0.3 is 0 Å². The van der Waals surface area contributed by atoms with Crippen LogP contribution in [0.2, 0.25) is 5.02 Å². The zero-order valence-corrected chi connectivity index (χ0v) is 15.0. The van der Waals surface area contributed by atoms with Crippen molar-refractivity contribution in [3.63, 3.8) is 0 Å². The Balaban J connectivity index is 2.23. The van der Waals surface area contributed by atoms with Gasteiger partial charge in [-0.2, -0.15) is 0 Å². The van der Waals surface area contributed by atoms with Crippen molar-refractivity contribution < 1.29 is 20.1 Å². The molecule has 6 nitrogen and oxygen atoms in total. The Kier molecular flexibility index (Phi) is 6.24. The minimum absolute atomic E-state index is 0.0784. The second-order valence-electron chi connectivity index (χ2n) is 6.19. The standard InChI is InChI=1S/C18H23ClN2O4/c1-12-7-14(8-17(25)20-18(9-22,10-23)11-24)13(2)21(12)16-5-3-15(19)4-6-16/h3-7,22-24H,8-11H2,1-2H3,(H,20,25). The molecule has 2 aromatic rings. The molecule has 1 aromatic carbocycles. The summed E-state index contributed by atoms with van der Waals surface area (Å²) in [6, 6.07) is 9.34. The number of rotatable bonds is 7. The molecule has 0 unspecified atom stereocenters. The molecule has 25 heavy (non-hydrogen) atoms. The van der Waals surface area contributed by atoms with Crippen LogP contribution in [0.1, 0.15) is 17.0 Å². The predicted molar refractivity (Wildman–Crippen MR) is 96.1 cm³/mol. The molecule has 0 aliphatic rings. The molecule has 1 aromatic heterocycles. The van der Waals surface area contributed by atoms with Gasteiger partial charge in [0.25, 0.3) is 0 Å². The maximum absolute atomic E-state index is 12.3. The fourth-order valence-electron chi connectivity index (χ4n) is 2.78. The first kappa shape index (κ1) is 19.5. The maximum atomic E-state index is 12.3. The lowest BCUT2D eigenvalue weighted by molar-refractivity contribution is -0.124. The van der Waals surface area contributed by atoms with E-state index in [9.17, 15) is 20.1 Å². The van der Waals surface area contributed by atoms with Gasteiger partial charge in [-0.15, -0.1) is 0 Å². The van der Waals surface area contributed by atoms with Gasteiger partial charge in [0.1, 0.15) is 5.54 Å². The second kappa shape index (κ2) is 8.01. The molecule has 7 heteroatoms. The average molecular weight is 367 g/mol. The number of amides is 1. The van der Waals surface area contributed by atoms with E-state index in [-0.39, 0.29) is 12.3 Å². The van der Waals surface area contributed by atoms with Crippen molar-refractivity contribution in [3.8, 4) is 5.69 Å². The summed E-state index contributed by atoms with van der Waals surface area (Å²) in [6.07, 6.45) is 0.0784. The lowest BCUT2D eigenvalue weighted by Gasteiger charge is -2.28. The van der Waals surface area contributed by atoms with Crippen LogP contribution in [0.3, 0.4) is 0 Å². The molecule has 0 saturated heterocycles. The Morgan fingerprint density at radius 3 is 2.20 bits per heavy atom. The highest BCUT2D eigenvalue weighted by atomic mass is 35.5. The van der Waals surface area contributed by atoms with E-state index in [2.05, 4.69) is 5.32 Å². The number of aromatic nitrogens is 1. The Morgan fingerprint density at radius 1 is 1.12 bits per heavy atom. The number of aryl methyl sites for hydroxylation is 1. The van der Waals surface area contributed by atoms with E-state index < -0.39 is 25.4 Å². The number of hydrogen-bond donors (Lipinski definition) is 4. The van der Waals surface area contributed by atoms with Crippen LogP contribution >= 0.6 is 11.6 Å². The van der Waals surface area contributed by atoms with Crippen molar-refractivity contribution in [2.24, 2.45) is 0 Å². The molecule has 1 amide bonds. The van der Waals surface area contributed by atoms with Crippen molar-refractivity contribution in [2.45, 2.75) is 25.8 Å². The van der Waals surface area contributed by atoms with Gasteiger partial charge in [-0.3, -0.25) is 4.79 Å². The number of nitrogens with zero attached hydrogens (tertiary/aromatic N) is 1. The van der Waals surface area contributed by atoms with Crippen LogP contribution in [-0.2, 0) is 11.2 Å². The highest BCUT2D eigenvalue weighted by Crippen LogP contribution is 2.22. The summed E-state index contributed by atoms with van der Waals surface area (Å²) in [6.45, 7) is 2.23. The lowest BCUT2D eigenvalue weighted by atomic mass is 10.0. The van der Waals surface area contributed by atoms with Crippen LogP contribution in [0, 0.1) is 13.8 Å². The van der Waals surface area contributed by atoms with E-state index in [0.29, 0.717) is 5.02 Å². The van der Waals surface area contributed by atoms with Crippen LogP contribution < -0.4 is 5.32 Å². The summed E-state index contributed by atoms with van der Waals surface area (Å²) in [5.41, 5.74) is 2.24. The largest absolute Gasteiger partial charge is 0.394 e. The molecule has 136 valence electrons. The molecule has 0 saturated carbocycles. The summed E-state index contributed by atoms with van der Waals surface area (Å²) in [7, 11) is 0. The van der Waals surface area contributed by atoms with Crippen molar-refractivity contribution >= 4 is 17.5 Å². The van der Waals surface area contributed by atoms with Gasteiger partial charge in [0, 0.05) is 22.1 Å². The summed E-state index contributed by atoms with van der Waals surface area (Å²) >= 11 is 5.93. The molecule has 0 bridgehead atoms. The van der Waals surface area contributed by atoms with Gasteiger partial charge < -0.3 is 25.2 Å². The Hall–Kier alpha value is -1.86. The van der Waals surface area contributed by atoms with E-state index in [1.54, 1.807) is 12.1 Å². The van der Waals surface area contributed by atoms with Crippen LogP contribution in [0.5, 0.6) is 0 Å². The fourth-order valence-corrected chi connectivity index (χ4v) is 2.90. The summed E-state index contributed by atoms with van der Waals surface area (Å²) in [4.78, 5) is 12.3. The SMILES string of the molecule is Cc1cc(CC(=O)NC(CO)(CO)CO)c(C)n1-c1ccc(Cl)cc1. The molecule has 0 fully saturated rings. The number of aliphatic hydroxyl groups is 3. The first-order valence-corrected chi connectivity index (χ1v) is 8.31. The van der Waals surface area contributed by atoms with Gasteiger partial charge in [-0.1, -0.05) is 11.6 Å². The van der Waals surface area contributed by atoms with Crippen molar-refractivity contribution in [1.29, 1.82) is 0 Å². The van der Waals surface area contributed by atoms with E-state index in [1.807, 2.05) is 36.6 Å². The minimum Gasteiger partial charge on any atom is -0.394 e. The quantitative estimate of drug-likeness (QED) is 0.590. The lowest BCUT2D eigenvalue weighted by Crippen LogP contribution is -2.57. The third-order valence-electron chi connectivity index (χ3n) is 4.28. The van der Waals surface area contributed by atoms with Crippen LogP contribution in [0.25, 0.3) is 5.69 Å². The average Bonchev–Trinajstić information content (AvgIpc) is 2.87. The summed E-state index contributed by atoms with van der Waals surface area (Å²) in [5, 5.41) is 31.1. The molecular formula is C18H23ClN2O4. The number of aliphatic hydroxyl groups excluding tert-OH is 3. The molecule has 0 aliphatic heterocycles. The molecule has 0 atom stereocenters. The molecule has 1 heterocycles. The van der Waals surface area contributed by atoms with Crippen LogP contribution in [-0.4, -0.2) is 51.2 Å². The first-order valence-electron chi connectivity index (χ1n) is 7.93. The molecule has 0 spiro atoms. The fraction of sp³-hybridized carbons (Fsp3) is 0.389. The van der Waals surface area contributed by atoms with Gasteiger partial charge in [-0.25, -0.2) is 0 Å². The highest BCUT2D eigenvalue weighted by molar-refractivity contribution is 6.30. The van der Waals surface area contributed by atoms with Crippen LogP contribution in [0.15, 0.2) is 30.3 Å². The van der Waals surface area contributed by atoms with Gasteiger partial charge in [0.2, 0.25) is 5.91 Å². The molecule has 0 aliphatic carbocycles. The monoisotopic (exact) mass is 366 g/mol. The summed E-state index contributed by atoms with van der Waals surface area (Å²) < 4.78 is 2.02. The van der Waals surface area contributed by atoms with Gasteiger partial charge in [0.05, 0.1) is 26.2 Å². The molecule has 4 N–H and O–H groups in total. The number of nitrogens with one attached hydrogen (secondary N) is 1. The number of hydrogen-bond acceptors (Lipinski definition) is 4. The van der Waals surface area contributed by atoms with Crippen LogP contribution in [0.4, 0.5) is 0 Å². The molecule has 0 radical (unpaired) electrons. The number of halogens is 1. The van der Waals surface area contributed by atoms with Gasteiger partial charge in [0.15, 0.2) is 0 Å². The highest BCUT2D eigenvalue weighted by Gasteiger charge is 2.30. The smallest absolute Gasteiger partial charge is 0.225 e. The number of benzene rings is 1. The molecule has 2 rings (SSSR count). The topological polar surface area (TPSA) is 94.7 Å². The zero-order chi connectivity index (χ0) is 18.6. The first-order chi connectivity index (χ1) is 11.9. The summed E-state index contributed by atoms with van der Waals surface area (Å²) in [5.74, 6) is -0.381. The molecular weight excluding hydrogens is 344 g/mol. The Morgan fingerprint density at radius 2 is 1.68 bits per heavy atom. The third kappa shape index (κ3) is 4.22. The van der Waals surface area contributed by atoms with E-state index in [0.717, 1.165) is 22.6 Å². The normalized spacial score (nSPS) is 11.6. The van der Waals surface area contributed by atoms with E-state index >= 15 is 0 Å². The van der Waals surface area contributed by atoms with Gasteiger partial charge in [-0.05, 0) is 49.7 Å². The van der Waals surface area contributed by atoms with Crippen molar-refractivity contribution in [2.75, 3.05) is 19.8 Å². The Bertz CT molecular complexity index is 728. The van der Waals surface area contributed by atoms with Crippen molar-refractivity contribution in [1.82, 2.24) is 9.88 Å². The zero-order valence-electron chi connectivity index (χ0n) is 14.3. The Labute approximate surface area is 151 Å². The second-order valence-corrected chi connectivity index (χ2v) is 6.62. The van der Waals surface area contributed by atoms with Crippen molar-refractivity contribution in [3.05, 3.63) is 52.3 Å². The van der Waals surface area contributed by atoms with E-state index in [4.69, 9.17) is 11.6 Å². The number of carbonyl (C=O) groups is 1. The number of carbonyl (C=O) groups excluding carboxylic acids is 1. The predicted octanol–water partition coefficient (Wildman–Crippen LogP) is 1.12. The maximum Gasteiger partial charge on any atom is 0.225 e. The third-order valence-corrected chi connectivity index (χ3v) is 4.54. The minimum atomic E-state index is -1.42.